The van der Waals surface area contributed by atoms with E-state index in [4.69, 9.17) is 4.74 Å². The number of thiophene rings is 1. The number of carbonyl (C=O) groups is 2. The molecule has 1 atom stereocenters. The van der Waals surface area contributed by atoms with Crippen molar-refractivity contribution in [2.24, 2.45) is 5.92 Å². The molecule has 4 rings (SSSR count). The van der Waals surface area contributed by atoms with Gasteiger partial charge in [-0.25, -0.2) is 13.2 Å². The summed E-state index contributed by atoms with van der Waals surface area (Å²) in [6.45, 7) is 13.4. The molecule has 202 valence electrons. The highest BCUT2D eigenvalue weighted by Crippen LogP contribution is 2.45. The number of nitrogens with one attached hydrogen (secondary N) is 2. The second-order valence-electron chi connectivity index (χ2n) is 11.2. The molecule has 37 heavy (non-hydrogen) atoms. The lowest BCUT2D eigenvalue weighted by Gasteiger charge is -2.42. The molecular formula is C27H37N3O5S2. The highest BCUT2D eigenvalue weighted by Gasteiger charge is 2.42. The third kappa shape index (κ3) is 5.62. The van der Waals surface area contributed by atoms with Gasteiger partial charge in [0.2, 0.25) is 10.0 Å². The summed E-state index contributed by atoms with van der Waals surface area (Å²) >= 11 is 1.38. The van der Waals surface area contributed by atoms with Gasteiger partial charge >= 0.3 is 5.97 Å². The van der Waals surface area contributed by atoms with Gasteiger partial charge in [-0.15, -0.1) is 11.3 Å². The number of hydrogen-bond donors (Lipinski definition) is 2. The molecule has 1 fully saturated rings. The van der Waals surface area contributed by atoms with Crippen molar-refractivity contribution in [3.05, 3.63) is 45.8 Å². The van der Waals surface area contributed by atoms with E-state index in [1.54, 1.807) is 6.92 Å². The summed E-state index contributed by atoms with van der Waals surface area (Å²) in [5, 5.41) is 6.97. The zero-order valence-corrected chi connectivity index (χ0v) is 24.1. The number of fused-ring (bicyclic) bond motifs is 1. The number of carbonyl (C=O) groups excluding carboxylic acids is 2. The molecule has 1 saturated heterocycles. The van der Waals surface area contributed by atoms with Crippen LogP contribution in [0.1, 0.15) is 85.5 Å². The Bertz CT molecular complexity index is 1300. The van der Waals surface area contributed by atoms with Crippen LogP contribution < -0.4 is 10.6 Å². The van der Waals surface area contributed by atoms with Crippen LogP contribution in [0, 0.1) is 5.92 Å². The SMILES string of the molecule is CCOC(=O)c1c(NC(=O)c2ccc(S(=O)(=O)N3CCC[C@@H](C)C3)cc2)sc2c1CC(C)(C)NC2(C)C. The first-order valence-electron chi connectivity index (χ1n) is 12.8. The van der Waals surface area contributed by atoms with Crippen molar-refractivity contribution in [1.82, 2.24) is 9.62 Å². The van der Waals surface area contributed by atoms with Gasteiger partial charge in [-0.2, -0.15) is 4.31 Å². The van der Waals surface area contributed by atoms with Gasteiger partial charge in [0.25, 0.3) is 5.91 Å². The highest BCUT2D eigenvalue weighted by atomic mass is 32.2. The summed E-state index contributed by atoms with van der Waals surface area (Å²) in [4.78, 5) is 27.4. The molecule has 2 aromatic rings. The third-order valence-electron chi connectivity index (χ3n) is 6.92. The van der Waals surface area contributed by atoms with Gasteiger partial charge in [0.15, 0.2) is 0 Å². The molecule has 10 heteroatoms. The molecule has 1 aromatic heterocycles. The summed E-state index contributed by atoms with van der Waals surface area (Å²) in [5.41, 5.74) is 0.965. The van der Waals surface area contributed by atoms with Gasteiger partial charge in [0.05, 0.1) is 17.1 Å². The topological polar surface area (TPSA) is 105 Å². The minimum atomic E-state index is -3.61. The molecule has 2 N–H and O–H groups in total. The number of amides is 1. The molecular weight excluding hydrogens is 510 g/mol. The van der Waals surface area contributed by atoms with Crippen LogP contribution in [0.3, 0.4) is 0 Å². The minimum absolute atomic E-state index is 0.173. The number of esters is 1. The molecule has 0 unspecified atom stereocenters. The Hall–Kier alpha value is -2.27. The molecule has 0 aliphatic carbocycles. The lowest BCUT2D eigenvalue weighted by Crippen LogP contribution is -2.55. The highest BCUT2D eigenvalue weighted by molar-refractivity contribution is 7.89. The minimum Gasteiger partial charge on any atom is -0.462 e. The van der Waals surface area contributed by atoms with E-state index < -0.39 is 27.4 Å². The van der Waals surface area contributed by atoms with E-state index >= 15 is 0 Å². The number of anilines is 1. The van der Waals surface area contributed by atoms with Crippen molar-refractivity contribution in [3.8, 4) is 0 Å². The van der Waals surface area contributed by atoms with E-state index in [0.717, 1.165) is 23.3 Å². The fourth-order valence-electron chi connectivity index (χ4n) is 5.50. The molecule has 2 aliphatic rings. The van der Waals surface area contributed by atoms with Crippen LogP contribution in [0.4, 0.5) is 5.00 Å². The average molecular weight is 548 g/mol. The second-order valence-corrected chi connectivity index (χ2v) is 14.2. The van der Waals surface area contributed by atoms with Crippen molar-refractivity contribution in [1.29, 1.82) is 0 Å². The number of benzene rings is 1. The molecule has 0 spiro atoms. The Morgan fingerprint density at radius 2 is 1.86 bits per heavy atom. The number of ether oxygens (including phenoxy) is 1. The van der Waals surface area contributed by atoms with Gasteiger partial charge in [-0.3, -0.25) is 4.79 Å². The number of hydrogen-bond acceptors (Lipinski definition) is 7. The largest absolute Gasteiger partial charge is 0.462 e. The van der Waals surface area contributed by atoms with Crippen molar-refractivity contribution in [3.63, 3.8) is 0 Å². The van der Waals surface area contributed by atoms with Gasteiger partial charge in [-0.05, 0) is 89.6 Å². The summed E-state index contributed by atoms with van der Waals surface area (Å²) in [6, 6.07) is 5.99. The Balaban J connectivity index is 1.62. The van der Waals surface area contributed by atoms with Crippen LogP contribution in [0.25, 0.3) is 0 Å². The Morgan fingerprint density at radius 1 is 1.19 bits per heavy atom. The van der Waals surface area contributed by atoms with Crippen LogP contribution in [0.2, 0.25) is 0 Å². The molecule has 0 saturated carbocycles. The van der Waals surface area contributed by atoms with E-state index in [-0.39, 0.29) is 17.0 Å². The van der Waals surface area contributed by atoms with Gasteiger partial charge in [0.1, 0.15) is 5.00 Å². The normalized spacial score (nSPS) is 21.2. The van der Waals surface area contributed by atoms with Gasteiger partial charge < -0.3 is 15.4 Å². The smallest absolute Gasteiger partial charge is 0.341 e. The average Bonchev–Trinajstić information content (AvgIpc) is 3.16. The molecule has 3 heterocycles. The van der Waals surface area contributed by atoms with Crippen LogP contribution in [-0.4, -0.2) is 49.8 Å². The van der Waals surface area contributed by atoms with Crippen LogP contribution >= 0.6 is 11.3 Å². The van der Waals surface area contributed by atoms with Crippen molar-refractivity contribution in [2.45, 2.75) is 76.8 Å². The van der Waals surface area contributed by atoms with E-state index in [1.165, 1.54) is 39.9 Å². The fraction of sp³-hybridized carbons (Fsp3) is 0.556. The van der Waals surface area contributed by atoms with E-state index in [9.17, 15) is 18.0 Å². The van der Waals surface area contributed by atoms with Crippen LogP contribution in [0.15, 0.2) is 29.2 Å². The first-order valence-corrected chi connectivity index (χ1v) is 15.0. The Morgan fingerprint density at radius 3 is 2.49 bits per heavy atom. The van der Waals surface area contributed by atoms with Gasteiger partial charge in [0, 0.05) is 34.6 Å². The number of sulfonamides is 1. The molecule has 2 aliphatic heterocycles. The van der Waals surface area contributed by atoms with E-state index in [1.807, 2.05) is 0 Å². The fourth-order valence-corrected chi connectivity index (χ4v) is 8.36. The number of piperidine rings is 1. The molecule has 1 amide bonds. The standard InChI is InChI=1S/C27H37N3O5S2/c1-7-35-25(32)21-20-15-26(3,4)29-27(5,6)22(20)36-24(21)28-23(31)18-10-12-19(13-11-18)37(33,34)30-14-8-9-17(2)16-30/h10-13,17,29H,7-9,14-16H2,1-6H3,(H,28,31)/t17-/m1/s1. The van der Waals surface area contributed by atoms with Crippen LogP contribution in [-0.2, 0) is 26.7 Å². The first-order chi connectivity index (χ1) is 17.2. The van der Waals surface area contributed by atoms with Crippen molar-refractivity contribution < 1.29 is 22.7 Å². The summed E-state index contributed by atoms with van der Waals surface area (Å²) < 4.78 is 33.0. The predicted molar refractivity (Wildman–Crippen MR) is 146 cm³/mol. The maximum Gasteiger partial charge on any atom is 0.341 e. The lowest BCUT2D eigenvalue weighted by atomic mass is 9.81. The summed E-state index contributed by atoms with van der Waals surface area (Å²) in [5.74, 6) is -0.546. The summed E-state index contributed by atoms with van der Waals surface area (Å²) in [6.07, 6.45) is 2.49. The van der Waals surface area contributed by atoms with Crippen molar-refractivity contribution >= 4 is 38.2 Å². The van der Waals surface area contributed by atoms with Crippen molar-refractivity contribution in [2.75, 3.05) is 25.0 Å². The first kappa shape index (κ1) is 27.8. The van der Waals surface area contributed by atoms with E-state index in [0.29, 0.717) is 41.6 Å². The molecule has 8 nitrogen and oxygen atoms in total. The predicted octanol–water partition coefficient (Wildman–Crippen LogP) is 4.76. The van der Waals surface area contributed by atoms with Crippen LogP contribution in [0.5, 0.6) is 0 Å². The molecule has 0 bridgehead atoms. The number of nitrogens with zero attached hydrogens (tertiary/aromatic N) is 1. The monoisotopic (exact) mass is 547 g/mol. The molecule has 0 radical (unpaired) electrons. The maximum atomic E-state index is 13.2. The zero-order chi connectivity index (χ0) is 27.2. The number of rotatable bonds is 6. The second kappa shape index (κ2) is 10.1. The lowest BCUT2D eigenvalue weighted by molar-refractivity contribution is 0.0525. The Labute approximate surface area is 223 Å². The summed E-state index contributed by atoms with van der Waals surface area (Å²) in [7, 11) is -3.61. The quantitative estimate of drug-likeness (QED) is 0.506. The zero-order valence-electron chi connectivity index (χ0n) is 22.4. The Kier molecular flexibility index (Phi) is 7.60. The van der Waals surface area contributed by atoms with E-state index in [2.05, 4.69) is 45.3 Å². The maximum absolute atomic E-state index is 13.2. The van der Waals surface area contributed by atoms with Gasteiger partial charge in [-0.1, -0.05) is 6.92 Å². The third-order valence-corrected chi connectivity index (χ3v) is 10.3. The molecule has 1 aromatic carbocycles.